The van der Waals surface area contributed by atoms with Crippen LogP contribution in [0.1, 0.15) is 33.6 Å². The molecule has 4 aromatic rings. The van der Waals surface area contributed by atoms with Crippen molar-refractivity contribution in [2.45, 2.75) is 23.7 Å². The smallest absolute Gasteiger partial charge is 0.286 e. The lowest BCUT2D eigenvalue weighted by Crippen LogP contribution is -2.38. The number of piperidine rings is 1. The predicted octanol–water partition coefficient (Wildman–Crippen LogP) is 3.91. The van der Waals surface area contributed by atoms with Gasteiger partial charge in [-0.3, -0.25) is 9.78 Å². The second-order valence-electron chi connectivity index (χ2n) is 7.78. The van der Waals surface area contributed by atoms with Crippen molar-refractivity contribution in [2.24, 2.45) is 0 Å². The molecular weight excluding hydrogens is 458 g/mol. The fraction of sp³-hybridized carbons (Fsp3) is 0.217. The Morgan fingerprint density at radius 2 is 1.73 bits per heavy atom. The molecule has 0 radical (unpaired) electrons. The van der Waals surface area contributed by atoms with Gasteiger partial charge < -0.3 is 5.32 Å². The Morgan fingerprint density at radius 3 is 2.52 bits per heavy atom. The lowest BCUT2D eigenvalue weighted by atomic mass is 9.99. The summed E-state index contributed by atoms with van der Waals surface area (Å²) in [5.41, 5.74) is 1.18. The van der Waals surface area contributed by atoms with Gasteiger partial charge in [-0.2, -0.15) is 4.31 Å². The summed E-state index contributed by atoms with van der Waals surface area (Å²) < 4.78 is 28.1. The number of nitrogens with one attached hydrogen (secondary N) is 1. The van der Waals surface area contributed by atoms with E-state index in [2.05, 4.69) is 20.5 Å². The highest BCUT2D eigenvalue weighted by atomic mass is 32.2. The van der Waals surface area contributed by atoms with Crippen molar-refractivity contribution in [3.05, 3.63) is 76.9 Å². The minimum atomic E-state index is -3.66. The second kappa shape index (κ2) is 8.97. The summed E-state index contributed by atoms with van der Waals surface area (Å²) >= 11 is 1.26. The van der Waals surface area contributed by atoms with Crippen LogP contribution in [0.15, 0.2) is 71.8 Å². The van der Waals surface area contributed by atoms with E-state index in [-0.39, 0.29) is 16.7 Å². The number of amides is 1. The molecule has 1 N–H and O–H groups in total. The van der Waals surface area contributed by atoms with Gasteiger partial charge in [0.2, 0.25) is 15.0 Å². The number of carbonyl (C=O) groups is 1. The second-order valence-corrected chi connectivity index (χ2v) is 10.7. The van der Waals surface area contributed by atoms with Gasteiger partial charge >= 0.3 is 0 Å². The zero-order valence-corrected chi connectivity index (χ0v) is 19.2. The number of hydrogen-bond donors (Lipinski definition) is 1. The molecule has 33 heavy (non-hydrogen) atoms. The van der Waals surface area contributed by atoms with Crippen molar-refractivity contribution >= 4 is 43.9 Å². The number of aromatic nitrogens is 3. The molecule has 3 heterocycles. The molecule has 5 rings (SSSR count). The highest BCUT2D eigenvalue weighted by molar-refractivity contribution is 7.89. The van der Waals surface area contributed by atoms with Crippen molar-refractivity contribution in [3.8, 4) is 0 Å². The third-order valence-electron chi connectivity index (χ3n) is 5.68. The van der Waals surface area contributed by atoms with Crippen molar-refractivity contribution < 1.29 is 13.2 Å². The fourth-order valence-electron chi connectivity index (χ4n) is 3.96. The molecule has 2 aromatic carbocycles. The van der Waals surface area contributed by atoms with Crippen LogP contribution < -0.4 is 5.32 Å². The molecule has 2 aromatic heterocycles. The van der Waals surface area contributed by atoms with Crippen molar-refractivity contribution in [1.82, 2.24) is 19.5 Å². The van der Waals surface area contributed by atoms with E-state index in [9.17, 15) is 13.2 Å². The molecule has 0 aliphatic carbocycles. The van der Waals surface area contributed by atoms with Crippen LogP contribution >= 0.6 is 11.3 Å². The molecule has 0 saturated carbocycles. The molecule has 1 amide bonds. The van der Waals surface area contributed by atoms with E-state index in [1.165, 1.54) is 15.6 Å². The van der Waals surface area contributed by atoms with Gasteiger partial charge in [-0.25, -0.2) is 8.42 Å². The lowest BCUT2D eigenvalue weighted by molar-refractivity contribution is 0.102. The Kier molecular flexibility index (Phi) is 5.88. The maximum atomic E-state index is 13.3. The van der Waals surface area contributed by atoms with Crippen LogP contribution in [0.5, 0.6) is 0 Å². The maximum Gasteiger partial charge on any atom is 0.286 e. The van der Waals surface area contributed by atoms with Gasteiger partial charge in [0.15, 0.2) is 0 Å². The number of para-hydroxylation sites is 2. The highest BCUT2D eigenvalue weighted by Gasteiger charge is 2.32. The molecule has 1 fully saturated rings. The van der Waals surface area contributed by atoms with Crippen LogP contribution in [0, 0.1) is 0 Å². The fourth-order valence-corrected chi connectivity index (χ4v) is 6.51. The van der Waals surface area contributed by atoms with Gasteiger partial charge in [-0.05, 0) is 37.1 Å². The molecule has 0 spiro atoms. The number of hydrogen-bond acceptors (Lipinski definition) is 7. The zero-order valence-electron chi connectivity index (χ0n) is 17.6. The lowest BCUT2D eigenvalue weighted by Gasteiger charge is -2.30. The average molecular weight is 480 g/mol. The van der Waals surface area contributed by atoms with Gasteiger partial charge in [-0.15, -0.1) is 10.2 Å². The number of carbonyl (C=O) groups excluding carboxylic acids is 1. The highest BCUT2D eigenvalue weighted by Crippen LogP contribution is 2.33. The zero-order chi connectivity index (χ0) is 22.8. The monoisotopic (exact) mass is 479 g/mol. The number of rotatable bonds is 5. The molecular formula is C23H21N5O3S2. The Labute approximate surface area is 195 Å². The number of nitrogens with zero attached hydrogens (tertiary/aromatic N) is 4. The predicted molar refractivity (Wildman–Crippen MR) is 127 cm³/mol. The van der Waals surface area contributed by atoms with Crippen LogP contribution in [0.2, 0.25) is 0 Å². The third-order valence-corrected chi connectivity index (χ3v) is 8.70. The molecule has 8 nitrogen and oxygen atoms in total. The normalized spacial score (nSPS) is 15.5. The Bertz CT molecular complexity index is 1390. The summed E-state index contributed by atoms with van der Waals surface area (Å²) in [6, 6.07) is 18.0. The molecule has 168 valence electrons. The topological polar surface area (TPSA) is 105 Å². The summed E-state index contributed by atoms with van der Waals surface area (Å²) in [6.45, 7) is 0.753. The van der Waals surface area contributed by atoms with Crippen LogP contribution in [-0.2, 0) is 10.0 Å². The van der Waals surface area contributed by atoms with E-state index in [0.29, 0.717) is 42.1 Å². The molecule has 1 aliphatic rings. The Morgan fingerprint density at radius 1 is 0.970 bits per heavy atom. The first kappa shape index (κ1) is 21.6. The van der Waals surface area contributed by atoms with Gasteiger partial charge in [-0.1, -0.05) is 47.7 Å². The van der Waals surface area contributed by atoms with Crippen molar-refractivity contribution in [3.63, 3.8) is 0 Å². The third kappa shape index (κ3) is 4.37. The number of sulfonamides is 1. The van der Waals surface area contributed by atoms with Crippen molar-refractivity contribution in [1.29, 1.82) is 0 Å². The van der Waals surface area contributed by atoms with Crippen LogP contribution in [0.4, 0.5) is 5.69 Å². The molecule has 0 bridgehead atoms. The van der Waals surface area contributed by atoms with E-state index < -0.39 is 10.0 Å². The van der Waals surface area contributed by atoms with Gasteiger partial charge in [0.1, 0.15) is 9.90 Å². The van der Waals surface area contributed by atoms with Gasteiger partial charge in [0.05, 0.1) is 5.52 Å². The largest absolute Gasteiger partial charge is 0.320 e. The summed E-state index contributed by atoms with van der Waals surface area (Å²) in [5.74, 6) is -0.230. The number of fused-ring (bicyclic) bond motifs is 1. The van der Waals surface area contributed by atoms with Gasteiger partial charge in [0.25, 0.3) is 5.91 Å². The first-order chi connectivity index (χ1) is 16.0. The molecule has 10 heteroatoms. The summed E-state index contributed by atoms with van der Waals surface area (Å²) in [6.07, 6.45) is 2.84. The SMILES string of the molecule is O=C(Nc1ccccc1)c1nnc(C2CCN(S(=O)(=O)c3cccc4cccnc34)CC2)s1. The van der Waals surface area contributed by atoms with Crippen LogP contribution in [-0.4, -0.2) is 46.9 Å². The van der Waals surface area contributed by atoms with E-state index in [1.807, 2.05) is 42.5 Å². The van der Waals surface area contributed by atoms with E-state index in [4.69, 9.17) is 0 Å². The first-order valence-corrected chi connectivity index (χ1v) is 12.8. The summed E-state index contributed by atoms with van der Waals surface area (Å²) in [5, 5.41) is 12.9. The minimum absolute atomic E-state index is 0.0675. The average Bonchev–Trinajstić information content (AvgIpc) is 3.35. The van der Waals surface area contributed by atoms with Crippen molar-refractivity contribution in [2.75, 3.05) is 18.4 Å². The molecule has 0 unspecified atom stereocenters. The first-order valence-electron chi connectivity index (χ1n) is 10.6. The minimum Gasteiger partial charge on any atom is -0.320 e. The quantitative estimate of drug-likeness (QED) is 0.465. The van der Waals surface area contributed by atoms with Crippen LogP contribution in [0.3, 0.4) is 0 Å². The molecule has 1 saturated heterocycles. The summed E-state index contributed by atoms with van der Waals surface area (Å²) in [7, 11) is -3.66. The number of anilines is 1. The molecule has 0 atom stereocenters. The standard InChI is InChI=1S/C23H21N5O3S2/c29-21(25-18-8-2-1-3-9-18)23-27-26-22(32-23)17-11-14-28(15-12-17)33(30,31)19-10-4-6-16-7-5-13-24-20(16)19/h1-10,13,17H,11-12,14-15H2,(H,25,29). The van der Waals surface area contributed by atoms with E-state index >= 15 is 0 Å². The van der Waals surface area contributed by atoms with Gasteiger partial charge in [0, 0.05) is 36.3 Å². The Balaban J connectivity index is 1.27. The van der Waals surface area contributed by atoms with E-state index in [0.717, 1.165) is 10.4 Å². The van der Waals surface area contributed by atoms with Crippen LogP contribution in [0.25, 0.3) is 10.9 Å². The number of benzene rings is 2. The van der Waals surface area contributed by atoms with E-state index in [1.54, 1.807) is 24.4 Å². The maximum absolute atomic E-state index is 13.3. The molecule has 1 aliphatic heterocycles. The number of pyridine rings is 1. The Hall–Kier alpha value is -3.21. The summed E-state index contributed by atoms with van der Waals surface area (Å²) in [4.78, 5) is 17.0.